The monoisotopic (exact) mass is 502 g/mol. The van der Waals surface area contributed by atoms with Crippen LogP contribution in [0.5, 0.6) is 0 Å². The summed E-state index contributed by atoms with van der Waals surface area (Å²) in [5, 5.41) is 6.03. The van der Waals surface area contributed by atoms with E-state index < -0.39 is 11.9 Å². The molecular formula is C32H26N2O4. The zero-order chi connectivity index (χ0) is 27.1. The zero-order valence-corrected chi connectivity index (χ0v) is 21.7. The highest BCUT2D eigenvalue weighted by molar-refractivity contribution is 6.37. The molecule has 6 nitrogen and oxygen atoms in total. The summed E-state index contributed by atoms with van der Waals surface area (Å²) in [6, 6.07) is 14.3. The van der Waals surface area contributed by atoms with Gasteiger partial charge in [-0.05, 0) is 56.3 Å². The number of esters is 2. The van der Waals surface area contributed by atoms with E-state index in [0.717, 1.165) is 32.3 Å². The molecule has 0 bridgehead atoms. The SMILES string of the molecule is [C-]#[N+]c1ccc2c3ccc([N+]#[C-])c4c(C(=O)OCC(C)C)ccc(c5ccc(C(=O)OCC(C)C)c1c25)c43. The van der Waals surface area contributed by atoms with Crippen LogP contribution in [0.15, 0.2) is 48.5 Å². The number of rotatable bonds is 6. The second-order valence-electron chi connectivity index (χ2n) is 10.3. The summed E-state index contributed by atoms with van der Waals surface area (Å²) in [7, 11) is 0. The van der Waals surface area contributed by atoms with E-state index in [2.05, 4.69) is 9.69 Å². The van der Waals surface area contributed by atoms with Gasteiger partial charge in [0.05, 0.1) is 37.5 Å². The molecule has 0 N–H and O–H groups in total. The minimum atomic E-state index is -0.463. The summed E-state index contributed by atoms with van der Waals surface area (Å²) >= 11 is 0. The second-order valence-corrected chi connectivity index (χ2v) is 10.3. The van der Waals surface area contributed by atoms with Gasteiger partial charge in [-0.2, -0.15) is 0 Å². The first-order valence-corrected chi connectivity index (χ1v) is 12.6. The standard InChI is InChI=1S/C32H26N2O4/c1-17(2)15-37-31(35)23-9-7-19-20-8-10-24(32(36)38-16-18(3)4)30-26(34-6)14-12-22(28(20)30)21-11-13-25(33-5)29(23)27(19)21/h7-14,17-18H,15-16H2,1-4H3. The summed E-state index contributed by atoms with van der Waals surface area (Å²) in [5.41, 5.74) is 1.44. The van der Waals surface area contributed by atoms with E-state index in [0.29, 0.717) is 33.3 Å². The van der Waals surface area contributed by atoms with Crippen LogP contribution in [-0.2, 0) is 9.47 Å². The second kappa shape index (κ2) is 9.65. The highest BCUT2D eigenvalue weighted by Crippen LogP contribution is 2.46. The lowest BCUT2D eigenvalue weighted by molar-refractivity contribution is 0.0453. The summed E-state index contributed by atoms with van der Waals surface area (Å²) in [6.45, 7) is 24.0. The van der Waals surface area contributed by atoms with Crippen LogP contribution in [0.25, 0.3) is 52.8 Å². The fraction of sp³-hybridized carbons (Fsp3) is 0.250. The van der Waals surface area contributed by atoms with Gasteiger partial charge in [0.2, 0.25) is 0 Å². The molecule has 0 fully saturated rings. The molecular weight excluding hydrogens is 476 g/mol. The number of benzene rings is 5. The average molecular weight is 503 g/mol. The zero-order valence-electron chi connectivity index (χ0n) is 21.7. The van der Waals surface area contributed by atoms with Crippen molar-refractivity contribution in [2.45, 2.75) is 27.7 Å². The predicted molar refractivity (Wildman–Crippen MR) is 150 cm³/mol. The Morgan fingerprint density at radius 2 is 0.947 bits per heavy atom. The van der Waals surface area contributed by atoms with Crippen molar-refractivity contribution in [3.63, 3.8) is 0 Å². The number of carbonyl (C=O) groups is 2. The lowest BCUT2D eigenvalue weighted by Gasteiger charge is -2.19. The van der Waals surface area contributed by atoms with Crippen LogP contribution in [0.1, 0.15) is 48.4 Å². The highest BCUT2D eigenvalue weighted by atomic mass is 16.5. The van der Waals surface area contributed by atoms with Crippen molar-refractivity contribution < 1.29 is 19.1 Å². The molecule has 0 aromatic heterocycles. The minimum Gasteiger partial charge on any atom is -0.462 e. The van der Waals surface area contributed by atoms with Gasteiger partial charge in [0, 0.05) is 10.8 Å². The Hall–Kier alpha value is -4.68. The van der Waals surface area contributed by atoms with Crippen molar-refractivity contribution in [2.75, 3.05) is 13.2 Å². The molecule has 5 aromatic carbocycles. The van der Waals surface area contributed by atoms with Crippen LogP contribution in [0.4, 0.5) is 11.4 Å². The first kappa shape index (κ1) is 25.0. The summed E-state index contributed by atoms with van der Waals surface area (Å²) < 4.78 is 11.1. The van der Waals surface area contributed by atoms with Crippen LogP contribution in [-0.4, -0.2) is 25.2 Å². The summed E-state index contributed by atoms with van der Waals surface area (Å²) in [6.07, 6.45) is 0. The number of nitrogens with zero attached hydrogens (tertiary/aromatic N) is 2. The fourth-order valence-electron chi connectivity index (χ4n) is 5.02. The van der Waals surface area contributed by atoms with Gasteiger partial charge in [0.25, 0.3) is 0 Å². The minimum absolute atomic E-state index is 0.182. The number of ether oxygens (including phenoxy) is 2. The van der Waals surface area contributed by atoms with Crippen LogP contribution in [0, 0.1) is 25.0 Å². The lowest BCUT2D eigenvalue weighted by atomic mass is 9.86. The highest BCUT2D eigenvalue weighted by Gasteiger charge is 2.24. The molecule has 0 saturated carbocycles. The molecule has 0 unspecified atom stereocenters. The molecule has 38 heavy (non-hydrogen) atoms. The van der Waals surface area contributed by atoms with Crippen molar-refractivity contribution in [1.29, 1.82) is 0 Å². The van der Waals surface area contributed by atoms with Crippen LogP contribution in [0.3, 0.4) is 0 Å². The van der Waals surface area contributed by atoms with E-state index in [9.17, 15) is 9.59 Å². The van der Waals surface area contributed by atoms with E-state index in [1.165, 1.54) is 0 Å². The Bertz CT molecular complexity index is 1680. The van der Waals surface area contributed by atoms with Gasteiger partial charge in [-0.15, -0.1) is 0 Å². The van der Waals surface area contributed by atoms with E-state index >= 15 is 0 Å². The van der Waals surface area contributed by atoms with Gasteiger partial charge >= 0.3 is 11.9 Å². The third-order valence-electron chi connectivity index (χ3n) is 6.63. The van der Waals surface area contributed by atoms with Crippen molar-refractivity contribution in [1.82, 2.24) is 0 Å². The van der Waals surface area contributed by atoms with Crippen LogP contribution >= 0.6 is 0 Å². The summed E-state index contributed by atoms with van der Waals surface area (Å²) in [5.74, 6) is -0.562. The van der Waals surface area contributed by atoms with Gasteiger partial charge in [-0.1, -0.05) is 64.1 Å². The molecule has 0 saturated heterocycles. The topological polar surface area (TPSA) is 61.3 Å². The smallest absolute Gasteiger partial charge is 0.337 e. The third kappa shape index (κ3) is 3.96. The number of fused-ring (bicyclic) bond motifs is 2. The Labute approximate surface area is 220 Å². The van der Waals surface area contributed by atoms with Gasteiger partial charge < -0.3 is 9.47 Å². The largest absolute Gasteiger partial charge is 0.462 e. The predicted octanol–water partition coefficient (Wildman–Crippen LogP) is 8.46. The van der Waals surface area contributed by atoms with Gasteiger partial charge in [-0.3, -0.25) is 0 Å². The Morgan fingerprint density at radius 1 is 0.605 bits per heavy atom. The van der Waals surface area contributed by atoms with Gasteiger partial charge in [0.1, 0.15) is 0 Å². The quantitative estimate of drug-likeness (QED) is 0.101. The maximum atomic E-state index is 13.1. The Balaban J connectivity index is 1.88. The Kier molecular flexibility index (Phi) is 6.35. The van der Waals surface area contributed by atoms with E-state index in [1.54, 1.807) is 24.3 Å². The fourth-order valence-corrected chi connectivity index (χ4v) is 5.02. The third-order valence-corrected chi connectivity index (χ3v) is 6.63. The average Bonchev–Trinajstić information content (AvgIpc) is 2.92. The first-order chi connectivity index (χ1) is 18.3. The van der Waals surface area contributed by atoms with Crippen molar-refractivity contribution in [3.05, 3.63) is 82.5 Å². The maximum absolute atomic E-state index is 13.1. The molecule has 0 amide bonds. The van der Waals surface area contributed by atoms with Crippen molar-refractivity contribution in [2.24, 2.45) is 11.8 Å². The first-order valence-electron chi connectivity index (χ1n) is 12.6. The molecule has 0 aliphatic heterocycles. The molecule has 0 heterocycles. The molecule has 0 radical (unpaired) electrons. The maximum Gasteiger partial charge on any atom is 0.337 e. The summed E-state index contributed by atoms with van der Waals surface area (Å²) in [4.78, 5) is 33.6. The van der Waals surface area contributed by atoms with Gasteiger partial charge in [-0.25, -0.2) is 19.3 Å². The van der Waals surface area contributed by atoms with E-state index in [1.807, 2.05) is 52.0 Å². The van der Waals surface area contributed by atoms with Crippen LogP contribution in [0.2, 0.25) is 0 Å². The van der Waals surface area contributed by atoms with E-state index in [4.69, 9.17) is 22.6 Å². The van der Waals surface area contributed by atoms with E-state index in [-0.39, 0.29) is 25.0 Å². The Morgan fingerprint density at radius 3 is 1.26 bits per heavy atom. The molecule has 0 spiro atoms. The molecule has 6 heteroatoms. The number of hydrogen-bond donors (Lipinski definition) is 0. The molecule has 5 rings (SSSR count). The molecule has 188 valence electrons. The van der Waals surface area contributed by atoms with Crippen LogP contribution < -0.4 is 0 Å². The van der Waals surface area contributed by atoms with Gasteiger partial charge in [0.15, 0.2) is 11.4 Å². The molecule has 0 atom stereocenters. The molecule has 5 aromatic rings. The van der Waals surface area contributed by atoms with Crippen molar-refractivity contribution >= 4 is 66.4 Å². The lowest BCUT2D eigenvalue weighted by Crippen LogP contribution is -2.11. The molecule has 0 aliphatic rings. The number of carbonyl (C=O) groups excluding carboxylic acids is 2. The number of hydrogen-bond acceptors (Lipinski definition) is 4. The molecule has 0 aliphatic carbocycles. The van der Waals surface area contributed by atoms with Crippen molar-refractivity contribution in [3.8, 4) is 0 Å². The normalized spacial score (nSPS) is 11.5.